The van der Waals surface area contributed by atoms with Gasteiger partial charge in [-0.05, 0) is 111 Å². The van der Waals surface area contributed by atoms with Crippen LogP contribution in [0.25, 0.3) is 88.4 Å². The van der Waals surface area contributed by atoms with Gasteiger partial charge in [-0.15, -0.1) is 0 Å². The molecule has 9 aromatic carbocycles. The van der Waals surface area contributed by atoms with Crippen LogP contribution in [0.3, 0.4) is 0 Å². The largest absolute Gasteiger partial charge is 0.456 e. The minimum absolute atomic E-state index is 0.839. The van der Waals surface area contributed by atoms with Gasteiger partial charge < -0.3 is 13.7 Å². The predicted molar refractivity (Wildman–Crippen MR) is 237 cm³/mol. The molecule has 0 bridgehead atoms. The van der Waals surface area contributed by atoms with E-state index in [1.807, 2.05) is 6.07 Å². The number of rotatable bonds is 7. The second kappa shape index (κ2) is 13.6. The lowest BCUT2D eigenvalue weighted by Crippen LogP contribution is -2.09. The Labute approximate surface area is 330 Å². The Kier molecular flexibility index (Phi) is 7.82. The Morgan fingerprint density at radius 1 is 0.228 bits per heavy atom. The quantitative estimate of drug-likeness (QED) is 0.164. The third-order valence-corrected chi connectivity index (χ3v) is 11.1. The van der Waals surface area contributed by atoms with Gasteiger partial charge in [-0.25, -0.2) is 0 Å². The van der Waals surface area contributed by atoms with Crippen LogP contribution >= 0.6 is 0 Å². The second-order valence-corrected chi connectivity index (χ2v) is 14.5. The van der Waals surface area contributed by atoms with E-state index in [1.165, 1.54) is 38.9 Å². The molecule has 0 fully saturated rings. The molecule has 268 valence electrons. The molecule has 3 heteroatoms. The van der Waals surface area contributed by atoms with Gasteiger partial charge in [0.05, 0.1) is 0 Å². The van der Waals surface area contributed by atoms with Gasteiger partial charge in [0.1, 0.15) is 22.3 Å². The summed E-state index contributed by atoms with van der Waals surface area (Å²) in [6.07, 6.45) is 0. The number of fused-ring (bicyclic) bond motifs is 6. The lowest BCUT2D eigenvalue weighted by molar-refractivity contribution is 0.664. The fourth-order valence-corrected chi connectivity index (χ4v) is 8.15. The minimum atomic E-state index is 0.839. The molecule has 0 aliphatic heterocycles. The molecule has 0 atom stereocenters. The predicted octanol–water partition coefficient (Wildman–Crippen LogP) is 15.6. The second-order valence-electron chi connectivity index (χ2n) is 14.5. The van der Waals surface area contributed by atoms with E-state index in [4.69, 9.17) is 8.83 Å². The molecule has 3 nitrogen and oxygen atoms in total. The molecule has 11 aromatic rings. The smallest absolute Gasteiger partial charge is 0.136 e. The molecule has 0 saturated carbocycles. The summed E-state index contributed by atoms with van der Waals surface area (Å²) in [6.45, 7) is 0. The van der Waals surface area contributed by atoms with Gasteiger partial charge in [0.15, 0.2) is 0 Å². The van der Waals surface area contributed by atoms with Gasteiger partial charge in [-0.3, -0.25) is 0 Å². The molecule has 0 spiro atoms. The molecule has 57 heavy (non-hydrogen) atoms. The summed E-state index contributed by atoms with van der Waals surface area (Å²) in [5, 5.41) is 4.19. The highest BCUT2D eigenvalue weighted by atomic mass is 16.3. The fourth-order valence-electron chi connectivity index (χ4n) is 8.15. The van der Waals surface area contributed by atoms with E-state index in [1.54, 1.807) is 0 Å². The third kappa shape index (κ3) is 5.94. The van der Waals surface area contributed by atoms with E-state index < -0.39 is 0 Å². The molecule has 0 unspecified atom stereocenters. The van der Waals surface area contributed by atoms with E-state index in [2.05, 4.69) is 211 Å². The number of nitrogens with zero attached hydrogens (tertiary/aromatic N) is 1. The van der Waals surface area contributed by atoms with E-state index in [9.17, 15) is 0 Å². The van der Waals surface area contributed by atoms with Gasteiger partial charge in [0, 0.05) is 38.6 Å². The van der Waals surface area contributed by atoms with Crippen molar-refractivity contribution in [2.75, 3.05) is 4.90 Å². The Balaban J connectivity index is 0.995. The minimum Gasteiger partial charge on any atom is -0.456 e. The topological polar surface area (TPSA) is 29.5 Å². The lowest BCUT2D eigenvalue weighted by Gasteiger charge is -2.26. The first-order valence-electron chi connectivity index (χ1n) is 19.3. The summed E-state index contributed by atoms with van der Waals surface area (Å²) in [5.41, 5.74) is 16.0. The maximum absolute atomic E-state index is 6.53. The van der Waals surface area contributed by atoms with Gasteiger partial charge in [0.2, 0.25) is 0 Å². The van der Waals surface area contributed by atoms with Crippen molar-refractivity contribution in [3.8, 4) is 44.5 Å². The Bertz CT molecular complexity index is 3180. The standard InChI is InChI=1S/C54H35NO2/c1-4-10-36(11-5-1)39-16-18-40(19-17-39)42-22-27-45(28-23-42)55(44-25-20-41(21-26-44)37-12-6-2-7-13-37)46-29-31-51-48(33-46)50-35-53-49(34-54(50)56-51)47-30-24-43(32-52(47)57-53)38-14-8-3-9-15-38/h1-35H. The molecule has 11 rings (SSSR count). The molecule has 0 radical (unpaired) electrons. The highest BCUT2D eigenvalue weighted by molar-refractivity contribution is 6.15. The summed E-state index contributed by atoms with van der Waals surface area (Å²) in [7, 11) is 0. The van der Waals surface area contributed by atoms with Gasteiger partial charge in [0.25, 0.3) is 0 Å². The normalized spacial score (nSPS) is 11.5. The maximum Gasteiger partial charge on any atom is 0.136 e. The van der Waals surface area contributed by atoms with Crippen molar-refractivity contribution in [1.29, 1.82) is 0 Å². The summed E-state index contributed by atoms with van der Waals surface area (Å²) >= 11 is 0. The first-order chi connectivity index (χ1) is 28.2. The summed E-state index contributed by atoms with van der Waals surface area (Å²) < 4.78 is 13.1. The Morgan fingerprint density at radius 3 is 1.09 bits per heavy atom. The molecule has 0 saturated heterocycles. The van der Waals surface area contributed by atoms with Crippen molar-refractivity contribution in [2.24, 2.45) is 0 Å². The van der Waals surface area contributed by atoms with Crippen LogP contribution in [0.15, 0.2) is 221 Å². The van der Waals surface area contributed by atoms with Crippen molar-refractivity contribution >= 4 is 60.9 Å². The molecule has 0 amide bonds. The number of hydrogen-bond donors (Lipinski definition) is 0. The lowest BCUT2D eigenvalue weighted by atomic mass is 10.00. The van der Waals surface area contributed by atoms with Crippen molar-refractivity contribution in [3.63, 3.8) is 0 Å². The van der Waals surface area contributed by atoms with Crippen molar-refractivity contribution < 1.29 is 8.83 Å². The van der Waals surface area contributed by atoms with E-state index in [0.29, 0.717) is 0 Å². The summed E-state index contributed by atoms with van der Waals surface area (Å²) in [6, 6.07) is 75.1. The molecule has 2 heterocycles. The van der Waals surface area contributed by atoms with Crippen LogP contribution in [-0.2, 0) is 0 Å². The first-order valence-corrected chi connectivity index (χ1v) is 19.3. The van der Waals surface area contributed by atoms with Crippen LogP contribution in [0.5, 0.6) is 0 Å². The number of anilines is 3. The average Bonchev–Trinajstić information content (AvgIpc) is 3.83. The zero-order chi connectivity index (χ0) is 37.7. The van der Waals surface area contributed by atoms with Crippen molar-refractivity contribution in [3.05, 3.63) is 212 Å². The third-order valence-electron chi connectivity index (χ3n) is 11.1. The van der Waals surface area contributed by atoms with E-state index in [0.717, 1.165) is 66.5 Å². The van der Waals surface area contributed by atoms with Gasteiger partial charge >= 0.3 is 0 Å². The van der Waals surface area contributed by atoms with Crippen LogP contribution in [0.2, 0.25) is 0 Å². The monoisotopic (exact) mass is 729 g/mol. The molecule has 0 N–H and O–H groups in total. The molecule has 2 aromatic heterocycles. The Hall–Kier alpha value is -7.62. The van der Waals surface area contributed by atoms with Crippen LogP contribution in [0.1, 0.15) is 0 Å². The van der Waals surface area contributed by atoms with Crippen molar-refractivity contribution in [2.45, 2.75) is 0 Å². The van der Waals surface area contributed by atoms with Crippen LogP contribution in [0, 0.1) is 0 Å². The summed E-state index contributed by atoms with van der Waals surface area (Å²) in [4.78, 5) is 2.32. The SMILES string of the molecule is c1ccc(-c2ccc(-c3ccc(N(c4ccc(-c5ccccc5)cc4)c4ccc5oc6cc7c(cc6c5c4)oc4cc(-c5ccccc5)ccc47)cc3)cc2)cc1. The zero-order valence-corrected chi connectivity index (χ0v) is 31.0. The fraction of sp³-hybridized carbons (Fsp3) is 0. The van der Waals surface area contributed by atoms with Gasteiger partial charge in [-0.1, -0.05) is 146 Å². The number of furan rings is 2. The average molecular weight is 730 g/mol. The molecular formula is C54H35NO2. The molecule has 0 aliphatic rings. The maximum atomic E-state index is 6.53. The van der Waals surface area contributed by atoms with Gasteiger partial charge in [-0.2, -0.15) is 0 Å². The van der Waals surface area contributed by atoms with E-state index >= 15 is 0 Å². The highest BCUT2D eigenvalue weighted by Crippen LogP contribution is 2.42. The van der Waals surface area contributed by atoms with Crippen LogP contribution < -0.4 is 4.90 Å². The Morgan fingerprint density at radius 2 is 0.579 bits per heavy atom. The number of hydrogen-bond acceptors (Lipinski definition) is 3. The molecule has 0 aliphatic carbocycles. The highest BCUT2D eigenvalue weighted by Gasteiger charge is 2.18. The summed E-state index contributed by atoms with van der Waals surface area (Å²) in [5.74, 6) is 0. The first kappa shape index (κ1) is 32.8. The van der Waals surface area contributed by atoms with Crippen molar-refractivity contribution in [1.82, 2.24) is 0 Å². The molecular weight excluding hydrogens is 695 g/mol. The van der Waals surface area contributed by atoms with E-state index in [-0.39, 0.29) is 0 Å². The van der Waals surface area contributed by atoms with Crippen LogP contribution in [-0.4, -0.2) is 0 Å². The number of benzene rings is 9. The zero-order valence-electron chi connectivity index (χ0n) is 31.0. The van der Waals surface area contributed by atoms with Crippen LogP contribution in [0.4, 0.5) is 17.1 Å².